The highest BCUT2D eigenvalue weighted by molar-refractivity contribution is 5.88. The van der Waals surface area contributed by atoms with Gasteiger partial charge in [0.25, 0.3) is 0 Å². The number of ether oxygens (including phenoxy) is 1. The first-order valence-corrected chi connectivity index (χ1v) is 5.92. The molecule has 5 nitrogen and oxygen atoms in total. The van der Waals surface area contributed by atoms with Gasteiger partial charge in [0, 0.05) is 25.4 Å². The minimum Gasteiger partial charge on any atom is -0.461 e. The Balaban J connectivity index is 2.01. The molecular formula is C12H15N3O2. The number of carbonyl (C=O) groups is 1. The van der Waals surface area contributed by atoms with Crippen LogP contribution < -0.4 is 0 Å². The molecule has 0 aliphatic heterocycles. The van der Waals surface area contributed by atoms with E-state index in [1.165, 1.54) is 12.8 Å². The molecule has 0 unspecified atom stereocenters. The maximum Gasteiger partial charge on any atom is 0.356 e. The molecule has 0 atom stereocenters. The average Bonchev–Trinajstić information content (AvgIpc) is 2.99. The van der Waals surface area contributed by atoms with Crippen LogP contribution in [0.5, 0.6) is 0 Å². The number of aromatic nitrogens is 3. The third-order valence-corrected chi connectivity index (χ3v) is 3.13. The van der Waals surface area contributed by atoms with Gasteiger partial charge in [-0.05, 0) is 19.8 Å². The van der Waals surface area contributed by atoms with Crippen LogP contribution in [-0.4, -0.2) is 26.5 Å². The van der Waals surface area contributed by atoms with Crippen molar-refractivity contribution >= 4 is 11.7 Å². The Kier molecular flexibility index (Phi) is 2.21. The minimum absolute atomic E-state index is 0.298. The van der Waals surface area contributed by atoms with E-state index in [4.69, 9.17) is 4.74 Å². The molecule has 1 aliphatic carbocycles. The summed E-state index contributed by atoms with van der Waals surface area (Å²) >= 11 is 0. The Labute approximate surface area is 99.0 Å². The number of aryl methyl sites for hydroxylation is 1. The smallest absolute Gasteiger partial charge is 0.356 e. The fourth-order valence-corrected chi connectivity index (χ4v) is 2.04. The van der Waals surface area contributed by atoms with E-state index in [1.54, 1.807) is 17.7 Å². The van der Waals surface area contributed by atoms with Crippen LogP contribution in [-0.2, 0) is 11.8 Å². The van der Waals surface area contributed by atoms with Crippen LogP contribution in [0.15, 0.2) is 12.4 Å². The van der Waals surface area contributed by atoms with Crippen molar-refractivity contribution in [3.05, 3.63) is 23.8 Å². The molecule has 3 rings (SSSR count). The maximum absolute atomic E-state index is 11.7. The lowest BCUT2D eigenvalue weighted by molar-refractivity contribution is 0.0515. The molecule has 0 aromatic carbocycles. The van der Waals surface area contributed by atoms with Gasteiger partial charge in [-0.1, -0.05) is 0 Å². The summed E-state index contributed by atoms with van der Waals surface area (Å²) in [5, 5.41) is 0. The second-order valence-corrected chi connectivity index (χ2v) is 4.44. The summed E-state index contributed by atoms with van der Waals surface area (Å²) in [6.07, 6.45) is 6.26. The van der Waals surface area contributed by atoms with Crippen molar-refractivity contribution < 1.29 is 9.53 Å². The first kappa shape index (κ1) is 10.4. The Morgan fingerprint density at radius 1 is 1.53 bits per heavy atom. The van der Waals surface area contributed by atoms with E-state index < -0.39 is 0 Å². The second kappa shape index (κ2) is 3.61. The zero-order valence-corrected chi connectivity index (χ0v) is 10.0. The number of rotatable bonds is 3. The normalized spacial score (nSPS) is 15.4. The largest absolute Gasteiger partial charge is 0.461 e. The average molecular weight is 233 g/mol. The topological polar surface area (TPSA) is 48.5 Å². The molecular weight excluding hydrogens is 218 g/mol. The van der Waals surface area contributed by atoms with Crippen molar-refractivity contribution in [2.45, 2.75) is 25.7 Å². The lowest BCUT2D eigenvalue weighted by Gasteiger charge is -2.01. The first-order valence-electron chi connectivity index (χ1n) is 5.92. The second-order valence-electron chi connectivity index (χ2n) is 4.44. The number of imidazole rings is 2. The van der Waals surface area contributed by atoms with Gasteiger partial charge in [0.1, 0.15) is 5.69 Å². The van der Waals surface area contributed by atoms with E-state index in [0.29, 0.717) is 18.2 Å². The van der Waals surface area contributed by atoms with Crippen molar-refractivity contribution in [3.63, 3.8) is 0 Å². The molecule has 0 N–H and O–H groups in total. The molecule has 0 radical (unpaired) electrons. The monoisotopic (exact) mass is 233 g/mol. The summed E-state index contributed by atoms with van der Waals surface area (Å²) in [5.41, 5.74) is 1.67. The van der Waals surface area contributed by atoms with Crippen LogP contribution >= 0.6 is 0 Å². The Morgan fingerprint density at radius 3 is 2.88 bits per heavy atom. The molecule has 5 heteroatoms. The number of hydrogen-bond donors (Lipinski definition) is 0. The molecule has 2 aromatic heterocycles. The van der Waals surface area contributed by atoms with Crippen molar-refractivity contribution in [2.24, 2.45) is 7.05 Å². The Bertz CT molecular complexity index is 578. The van der Waals surface area contributed by atoms with Crippen LogP contribution in [0.4, 0.5) is 0 Å². The SMILES string of the molecule is CCOC(=O)c1cn2cc(C3CC3)nc2n1C. The highest BCUT2D eigenvalue weighted by Crippen LogP contribution is 2.39. The summed E-state index contributed by atoms with van der Waals surface area (Å²) in [5.74, 6) is 1.13. The minimum atomic E-state index is -0.298. The van der Waals surface area contributed by atoms with E-state index in [2.05, 4.69) is 4.98 Å². The quantitative estimate of drug-likeness (QED) is 0.758. The molecule has 2 aromatic rings. The van der Waals surface area contributed by atoms with E-state index >= 15 is 0 Å². The summed E-state index contributed by atoms with van der Waals surface area (Å²) in [4.78, 5) is 16.2. The highest BCUT2D eigenvalue weighted by Gasteiger charge is 2.27. The van der Waals surface area contributed by atoms with Gasteiger partial charge in [-0.3, -0.25) is 4.40 Å². The molecule has 0 saturated heterocycles. The van der Waals surface area contributed by atoms with E-state index in [9.17, 15) is 4.79 Å². The van der Waals surface area contributed by atoms with Crippen LogP contribution in [0.25, 0.3) is 5.78 Å². The molecule has 2 heterocycles. The Hall–Kier alpha value is -1.78. The lowest BCUT2D eigenvalue weighted by atomic mass is 10.3. The third-order valence-electron chi connectivity index (χ3n) is 3.13. The van der Waals surface area contributed by atoms with Gasteiger partial charge in [0.15, 0.2) is 0 Å². The zero-order valence-electron chi connectivity index (χ0n) is 10.0. The first-order chi connectivity index (χ1) is 8.20. The zero-order chi connectivity index (χ0) is 12.0. The maximum atomic E-state index is 11.7. The summed E-state index contributed by atoms with van der Waals surface area (Å²) in [6.45, 7) is 2.19. The number of nitrogens with zero attached hydrogens (tertiary/aromatic N) is 3. The summed E-state index contributed by atoms with van der Waals surface area (Å²) in [6, 6.07) is 0. The van der Waals surface area contributed by atoms with Crippen LogP contribution in [0, 0.1) is 0 Å². The predicted octanol–water partition coefficient (Wildman–Crippen LogP) is 1.73. The van der Waals surface area contributed by atoms with Gasteiger partial charge in [-0.15, -0.1) is 0 Å². The van der Waals surface area contributed by atoms with Gasteiger partial charge in [-0.25, -0.2) is 9.78 Å². The molecule has 0 bridgehead atoms. The molecule has 0 spiro atoms. The van der Waals surface area contributed by atoms with E-state index in [0.717, 1.165) is 11.5 Å². The van der Waals surface area contributed by atoms with E-state index in [1.807, 2.05) is 17.6 Å². The van der Waals surface area contributed by atoms with Crippen LogP contribution in [0.1, 0.15) is 41.9 Å². The summed E-state index contributed by atoms with van der Waals surface area (Å²) in [7, 11) is 1.84. The number of fused-ring (bicyclic) bond motifs is 1. The van der Waals surface area contributed by atoms with Gasteiger partial charge >= 0.3 is 5.97 Å². The molecule has 1 saturated carbocycles. The predicted molar refractivity (Wildman–Crippen MR) is 62.1 cm³/mol. The fraction of sp³-hybridized carbons (Fsp3) is 0.500. The van der Waals surface area contributed by atoms with Gasteiger partial charge in [-0.2, -0.15) is 0 Å². The van der Waals surface area contributed by atoms with Gasteiger partial charge in [0.05, 0.1) is 12.3 Å². The number of esters is 1. The van der Waals surface area contributed by atoms with Crippen molar-refractivity contribution in [1.82, 2.24) is 14.0 Å². The lowest BCUT2D eigenvalue weighted by Crippen LogP contribution is -2.09. The molecule has 1 aliphatic rings. The van der Waals surface area contributed by atoms with Crippen LogP contribution in [0.3, 0.4) is 0 Å². The van der Waals surface area contributed by atoms with Gasteiger partial charge in [0.2, 0.25) is 5.78 Å². The summed E-state index contributed by atoms with van der Waals surface area (Å²) < 4.78 is 8.68. The Morgan fingerprint density at radius 2 is 2.29 bits per heavy atom. The van der Waals surface area contributed by atoms with Crippen LogP contribution in [0.2, 0.25) is 0 Å². The number of carbonyl (C=O) groups excluding carboxylic acids is 1. The van der Waals surface area contributed by atoms with E-state index in [-0.39, 0.29) is 5.97 Å². The van der Waals surface area contributed by atoms with Gasteiger partial charge < -0.3 is 9.30 Å². The molecule has 0 amide bonds. The molecule has 90 valence electrons. The highest BCUT2D eigenvalue weighted by atomic mass is 16.5. The van der Waals surface area contributed by atoms with Crippen molar-refractivity contribution in [3.8, 4) is 0 Å². The third kappa shape index (κ3) is 1.62. The standard InChI is InChI=1S/C12H15N3O2/c1-3-17-11(16)10-7-15-6-9(8-4-5-8)13-12(15)14(10)2/h6-8H,3-5H2,1-2H3. The molecule has 17 heavy (non-hydrogen) atoms. The molecule has 1 fully saturated rings. The van der Waals surface area contributed by atoms with Crippen molar-refractivity contribution in [2.75, 3.05) is 6.61 Å². The number of hydrogen-bond acceptors (Lipinski definition) is 3. The fourth-order valence-electron chi connectivity index (χ4n) is 2.04. The van der Waals surface area contributed by atoms with Crippen molar-refractivity contribution in [1.29, 1.82) is 0 Å².